The average molecular weight is 360 g/mol. The molecule has 0 unspecified atom stereocenters. The Hall–Kier alpha value is -1.56. The van der Waals surface area contributed by atoms with Gasteiger partial charge in [-0.3, -0.25) is 0 Å². The average Bonchev–Trinajstić information content (AvgIpc) is 2.94. The van der Waals surface area contributed by atoms with Gasteiger partial charge in [0.1, 0.15) is 11.6 Å². The molecule has 0 aliphatic carbocycles. The molecule has 120 valence electrons. The first kappa shape index (κ1) is 18.5. The first-order valence-electron chi connectivity index (χ1n) is 6.42. The first-order valence-corrected chi connectivity index (χ1v) is 7.30. The van der Waals surface area contributed by atoms with Crippen LogP contribution in [0.3, 0.4) is 0 Å². The Morgan fingerprint density at radius 3 is 2.73 bits per heavy atom. The molecule has 0 saturated heterocycles. The van der Waals surface area contributed by atoms with E-state index in [1.54, 1.807) is 11.3 Å². The second-order valence-corrected chi connectivity index (χ2v) is 5.76. The normalized spacial score (nSPS) is 12.3. The lowest BCUT2D eigenvalue weighted by Crippen LogP contribution is -2.20. The van der Waals surface area contributed by atoms with Crippen LogP contribution in [-0.4, -0.2) is 7.05 Å². The molecule has 2 heterocycles. The standard InChI is InChI=1S/C15H17N3OS.2ClH/c1-10-15(16)17-12-8-11(5-6-13(12)19-10)9-18(2)14-4-3-7-20-14;;/h3-8,17H,9,16H2,1-2H3;2*1H. The van der Waals surface area contributed by atoms with E-state index in [9.17, 15) is 0 Å². The van der Waals surface area contributed by atoms with E-state index in [2.05, 4.69) is 46.9 Å². The van der Waals surface area contributed by atoms with Crippen LogP contribution in [0.15, 0.2) is 47.3 Å². The summed E-state index contributed by atoms with van der Waals surface area (Å²) in [6, 6.07) is 10.3. The molecule has 1 aromatic carbocycles. The minimum absolute atomic E-state index is 0. The highest BCUT2D eigenvalue weighted by Crippen LogP contribution is 2.32. The molecule has 22 heavy (non-hydrogen) atoms. The largest absolute Gasteiger partial charge is 0.456 e. The lowest BCUT2D eigenvalue weighted by Gasteiger charge is -2.23. The monoisotopic (exact) mass is 359 g/mol. The van der Waals surface area contributed by atoms with Crippen molar-refractivity contribution in [1.29, 1.82) is 0 Å². The van der Waals surface area contributed by atoms with E-state index < -0.39 is 0 Å². The van der Waals surface area contributed by atoms with E-state index >= 15 is 0 Å². The van der Waals surface area contributed by atoms with E-state index in [1.807, 2.05) is 13.0 Å². The molecular formula is C15H19Cl2N3OS. The summed E-state index contributed by atoms with van der Waals surface area (Å²) in [5.41, 5.74) is 7.99. The Morgan fingerprint density at radius 2 is 2.05 bits per heavy atom. The van der Waals surface area contributed by atoms with Crippen molar-refractivity contribution in [2.45, 2.75) is 13.5 Å². The van der Waals surface area contributed by atoms with Crippen LogP contribution >= 0.6 is 36.2 Å². The van der Waals surface area contributed by atoms with Gasteiger partial charge < -0.3 is 20.7 Å². The number of nitrogens with one attached hydrogen (secondary N) is 1. The van der Waals surface area contributed by atoms with Crippen molar-refractivity contribution in [2.75, 3.05) is 17.3 Å². The maximum Gasteiger partial charge on any atom is 0.150 e. The van der Waals surface area contributed by atoms with Gasteiger partial charge >= 0.3 is 0 Å². The summed E-state index contributed by atoms with van der Waals surface area (Å²) >= 11 is 1.74. The third-order valence-electron chi connectivity index (χ3n) is 3.26. The van der Waals surface area contributed by atoms with Crippen LogP contribution in [0.2, 0.25) is 0 Å². The minimum atomic E-state index is 0. The molecular weight excluding hydrogens is 341 g/mol. The Kier molecular flexibility index (Phi) is 6.41. The molecule has 4 nitrogen and oxygen atoms in total. The van der Waals surface area contributed by atoms with Crippen LogP contribution in [0.5, 0.6) is 5.75 Å². The number of halogens is 2. The van der Waals surface area contributed by atoms with Crippen molar-refractivity contribution in [3.05, 3.63) is 52.9 Å². The van der Waals surface area contributed by atoms with Crippen LogP contribution < -0.4 is 20.7 Å². The lowest BCUT2D eigenvalue weighted by molar-refractivity contribution is 0.415. The molecule has 3 rings (SSSR count). The fourth-order valence-electron chi connectivity index (χ4n) is 2.15. The number of thiophene rings is 1. The number of nitrogens with two attached hydrogens (primary N) is 1. The highest BCUT2D eigenvalue weighted by molar-refractivity contribution is 7.14. The van der Waals surface area contributed by atoms with Crippen LogP contribution in [0.4, 0.5) is 10.7 Å². The second-order valence-electron chi connectivity index (χ2n) is 4.83. The van der Waals surface area contributed by atoms with Crippen molar-refractivity contribution in [3.8, 4) is 5.75 Å². The van der Waals surface area contributed by atoms with Gasteiger partial charge in [-0.05, 0) is 42.1 Å². The molecule has 1 aromatic heterocycles. The van der Waals surface area contributed by atoms with Crippen molar-refractivity contribution in [3.63, 3.8) is 0 Å². The van der Waals surface area contributed by atoms with Gasteiger partial charge in [0.25, 0.3) is 0 Å². The molecule has 2 aromatic rings. The van der Waals surface area contributed by atoms with Crippen LogP contribution in [-0.2, 0) is 6.54 Å². The summed E-state index contributed by atoms with van der Waals surface area (Å²) < 4.78 is 5.66. The molecule has 0 spiro atoms. The van der Waals surface area contributed by atoms with Gasteiger partial charge in [0, 0.05) is 13.6 Å². The van der Waals surface area contributed by atoms with Crippen molar-refractivity contribution in [1.82, 2.24) is 0 Å². The van der Waals surface area contributed by atoms with Gasteiger partial charge in [-0.15, -0.1) is 36.2 Å². The van der Waals surface area contributed by atoms with Crippen molar-refractivity contribution in [2.24, 2.45) is 5.73 Å². The van der Waals surface area contributed by atoms with E-state index in [0.717, 1.165) is 18.0 Å². The quantitative estimate of drug-likeness (QED) is 0.862. The number of ether oxygens (including phenoxy) is 1. The van der Waals surface area contributed by atoms with Gasteiger partial charge in [-0.1, -0.05) is 6.07 Å². The fourth-order valence-corrected chi connectivity index (χ4v) is 2.85. The summed E-state index contributed by atoms with van der Waals surface area (Å²) in [6.45, 7) is 2.70. The zero-order valence-corrected chi connectivity index (χ0v) is 14.8. The third kappa shape index (κ3) is 3.80. The maximum absolute atomic E-state index is 5.86. The minimum Gasteiger partial charge on any atom is -0.456 e. The number of anilines is 2. The maximum atomic E-state index is 5.86. The molecule has 0 bridgehead atoms. The molecule has 1 aliphatic heterocycles. The van der Waals surface area contributed by atoms with Crippen LogP contribution in [0.25, 0.3) is 0 Å². The topological polar surface area (TPSA) is 50.5 Å². The first-order chi connectivity index (χ1) is 9.63. The number of nitrogens with zero attached hydrogens (tertiary/aromatic N) is 1. The summed E-state index contributed by atoms with van der Waals surface area (Å²) in [7, 11) is 2.09. The van der Waals surface area contributed by atoms with Gasteiger partial charge in [0.2, 0.25) is 0 Å². The Balaban J connectivity index is 0.00000121. The van der Waals surface area contributed by atoms with Gasteiger partial charge in [-0.25, -0.2) is 0 Å². The van der Waals surface area contributed by atoms with Crippen LogP contribution in [0, 0.1) is 0 Å². The Bertz CT molecular complexity index is 659. The molecule has 0 fully saturated rings. The smallest absolute Gasteiger partial charge is 0.150 e. The van der Waals surface area contributed by atoms with E-state index in [0.29, 0.717) is 11.6 Å². The van der Waals surface area contributed by atoms with Gasteiger partial charge in [-0.2, -0.15) is 0 Å². The number of allylic oxidation sites excluding steroid dienone is 1. The zero-order chi connectivity index (χ0) is 14.1. The highest BCUT2D eigenvalue weighted by atomic mass is 35.5. The second kappa shape index (κ2) is 7.63. The summed E-state index contributed by atoms with van der Waals surface area (Å²) in [6.07, 6.45) is 0. The highest BCUT2D eigenvalue weighted by Gasteiger charge is 2.15. The number of fused-ring (bicyclic) bond motifs is 1. The van der Waals surface area contributed by atoms with Crippen LogP contribution in [0.1, 0.15) is 12.5 Å². The number of benzene rings is 1. The third-order valence-corrected chi connectivity index (χ3v) is 4.24. The number of hydrogen-bond donors (Lipinski definition) is 2. The zero-order valence-electron chi connectivity index (χ0n) is 12.3. The van der Waals surface area contributed by atoms with E-state index in [-0.39, 0.29) is 24.8 Å². The molecule has 0 saturated carbocycles. The summed E-state index contributed by atoms with van der Waals surface area (Å²) in [5.74, 6) is 2.10. The van der Waals surface area contributed by atoms with Crippen molar-refractivity contribution < 1.29 is 4.74 Å². The number of rotatable bonds is 3. The molecule has 1 aliphatic rings. The molecule has 0 amide bonds. The van der Waals surface area contributed by atoms with Crippen molar-refractivity contribution >= 4 is 46.8 Å². The Morgan fingerprint density at radius 1 is 1.27 bits per heavy atom. The molecule has 0 radical (unpaired) electrons. The molecule has 0 atom stereocenters. The van der Waals surface area contributed by atoms with Gasteiger partial charge in [0.15, 0.2) is 5.75 Å². The Labute approximate surface area is 146 Å². The lowest BCUT2D eigenvalue weighted by atomic mass is 10.1. The summed E-state index contributed by atoms with van der Waals surface area (Å²) in [4.78, 5) is 2.22. The predicted octanol–water partition coefficient (Wildman–Crippen LogP) is 4.18. The number of hydrogen-bond acceptors (Lipinski definition) is 5. The fraction of sp³-hybridized carbons (Fsp3) is 0.200. The van der Waals surface area contributed by atoms with E-state index in [4.69, 9.17) is 10.5 Å². The van der Waals surface area contributed by atoms with E-state index in [1.165, 1.54) is 10.6 Å². The summed E-state index contributed by atoms with van der Waals surface area (Å²) in [5, 5.41) is 6.51. The predicted molar refractivity (Wildman–Crippen MR) is 98.5 cm³/mol. The molecule has 7 heteroatoms. The van der Waals surface area contributed by atoms with Gasteiger partial charge in [0.05, 0.1) is 10.7 Å². The SMILES string of the molecule is CC1=C(N)Nc2cc(CN(C)c3cccs3)ccc2O1.Cl.Cl. The molecule has 3 N–H and O–H groups in total.